The highest BCUT2D eigenvalue weighted by Gasteiger charge is 2.16. The number of amides is 1. The molecule has 0 unspecified atom stereocenters. The van der Waals surface area contributed by atoms with Crippen molar-refractivity contribution in [3.63, 3.8) is 0 Å². The van der Waals surface area contributed by atoms with Gasteiger partial charge in [-0.1, -0.05) is 11.6 Å². The SMILES string of the molecule is CCOc1ccc(-c2[nH]ncc2C(=O)NCc2cc(F)cc(F)c2)cc1Cl. The van der Waals surface area contributed by atoms with Crippen LogP contribution in [0.1, 0.15) is 22.8 Å². The molecule has 0 atom stereocenters. The molecule has 8 heteroatoms. The van der Waals surface area contributed by atoms with E-state index in [9.17, 15) is 13.6 Å². The van der Waals surface area contributed by atoms with Gasteiger partial charge in [0.1, 0.15) is 17.4 Å². The van der Waals surface area contributed by atoms with Crippen LogP contribution in [0.5, 0.6) is 5.75 Å². The molecule has 2 aromatic carbocycles. The Bertz CT molecular complexity index is 955. The second-order valence-electron chi connectivity index (χ2n) is 5.70. The summed E-state index contributed by atoms with van der Waals surface area (Å²) in [6, 6.07) is 8.22. The molecular formula is C19H16ClF2N3O2. The largest absolute Gasteiger partial charge is 0.492 e. The molecule has 0 saturated heterocycles. The minimum Gasteiger partial charge on any atom is -0.492 e. The van der Waals surface area contributed by atoms with E-state index < -0.39 is 17.5 Å². The average molecular weight is 392 g/mol. The maximum atomic E-state index is 13.2. The molecular weight excluding hydrogens is 376 g/mol. The van der Waals surface area contributed by atoms with Gasteiger partial charge in [0.05, 0.1) is 29.1 Å². The number of ether oxygens (including phenoxy) is 1. The Hall–Kier alpha value is -2.93. The molecule has 0 bridgehead atoms. The highest BCUT2D eigenvalue weighted by Crippen LogP contribution is 2.31. The van der Waals surface area contributed by atoms with Gasteiger partial charge < -0.3 is 10.1 Å². The number of hydrogen-bond acceptors (Lipinski definition) is 3. The molecule has 0 spiro atoms. The molecule has 0 aliphatic heterocycles. The molecule has 0 fully saturated rings. The predicted molar refractivity (Wildman–Crippen MR) is 97.7 cm³/mol. The summed E-state index contributed by atoms with van der Waals surface area (Å²) in [6.07, 6.45) is 1.38. The minimum absolute atomic E-state index is 0.0256. The molecule has 1 amide bonds. The van der Waals surface area contributed by atoms with Gasteiger partial charge in [-0.15, -0.1) is 0 Å². The summed E-state index contributed by atoms with van der Waals surface area (Å²) in [7, 11) is 0. The van der Waals surface area contributed by atoms with E-state index in [1.807, 2.05) is 6.92 Å². The van der Waals surface area contributed by atoms with Crippen molar-refractivity contribution in [3.8, 4) is 17.0 Å². The van der Waals surface area contributed by atoms with E-state index in [2.05, 4.69) is 15.5 Å². The fraction of sp³-hybridized carbons (Fsp3) is 0.158. The number of nitrogens with zero attached hydrogens (tertiary/aromatic N) is 1. The normalized spacial score (nSPS) is 10.7. The van der Waals surface area contributed by atoms with Crippen molar-refractivity contribution in [1.29, 1.82) is 0 Å². The molecule has 27 heavy (non-hydrogen) atoms. The van der Waals surface area contributed by atoms with E-state index in [1.165, 1.54) is 6.20 Å². The summed E-state index contributed by atoms with van der Waals surface area (Å²) in [5.74, 6) is -1.30. The first kappa shape index (κ1) is 18.8. The third kappa shape index (κ3) is 4.43. The summed E-state index contributed by atoms with van der Waals surface area (Å²) in [6.45, 7) is 2.31. The molecule has 1 heterocycles. The Morgan fingerprint density at radius 1 is 1.22 bits per heavy atom. The number of aromatic amines is 1. The number of rotatable bonds is 6. The van der Waals surface area contributed by atoms with Crippen LogP contribution in [-0.2, 0) is 6.54 Å². The quantitative estimate of drug-likeness (QED) is 0.657. The lowest BCUT2D eigenvalue weighted by molar-refractivity contribution is 0.0951. The zero-order valence-electron chi connectivity index (χ0n) is 14.4. The van der Waals surface area contributed by atoms with Gasteiger partial charge in [0.15, 0.2) is 0 Å². The fourth-order valence-electron chi connectivity index (χ4n) is 2.60. The Balaban J connectivity index is 1.78. The van der Waals surface area contributed by atoms with Crippen molar-refractivity contribution in [1.82, 2.24) is 15.5 Å². The van der Waals surface area contributed by atoms with Crippen LogP contribution in [-0.4, -0.2) is 22.7 Å². The van der Waals surface area contributed by atoms with Crippen LogP contribution >= 0.6 is 11.6 Å². The summed E-state index contributed by atoms with van der Waals surface area (Å²) in [5.41, 5.74) is 1.73. The van der Waals surface area contributed by atoms with Gasteiger partial charge in [0.25, 0.3) is 5.91 Å². The summed E-state index contributed by atoms with van der Waals surface area (Å²) < 4.78 is 31.9. The molecule has 5 nitrogen and oxygen atoms in total. The van der Waals surface area contributed by atoms with Crippen LogP contribution < -0.4 is 10.1 Å². The van der Waals surface area contributed by atoms with Crippen molar-refractivity contribution in [2.45, 2.75) is 13.5 Å². The number of H-pyrrole nitrogens is 1. The highest BCUT2D eigenvalue weighted by atomic mass is 35.5. The van der Waals surface area contributed by atoms with Gasteiger partial charge in [-0.25, -0.2) is 8.78 Å². The van der Waals surface area contributed by atoms with Gasteiger partial charge in [-0.2, -0.15) is 5.10 Å². The van der Waals surface area contributed by atoms with Crippen molar-refractivity contribution < 1.29 is 18.3 Å². The minimum atomic E-state index is -0.702. The smallest absolute Gasteiger partial charge is 0.255 e. The number of aromatic nitrogens is 2. The Kier molecular flexibility index (Phi) is 5.71. The first-order valence-corrected chi connectivity index (χ1v) is 8.55. The lowest BCUT2D eigenvalue weighted by Gasteiger charge is -2.09. The van der Waals surface area contributed by atoms with E-state index in [4.69, 9.17) is 16.3 Å². The average Bonchev–Trinajstić information content (AvgIpc) is 3.10. The maximum absolute atomic E-state index is 13.2. The maximum Gasteiger partial charge on any atom is 0.255 e. The first-order valence-electron chi connectivity index (χ1n) is 8.17. The first-order chi connectivity index (χ1) is 13.0. The van der Waals surface area contributed by atoms with Gasteiger partial charge in [0, 0.05) is 18.2 Å². The third-order valence-corrected chi connectivity index (χ3v) is 4.08. The van der Waals surface area contributed by atoms with Crippen molar-refractivity contribution in [2.75, 3.05) is 6.61 Å². The van der Waals surface area contributed by atoms with Crippen molar-refractivity contribution in [2.24, 2.45) is 0 Å². The van der Waals surface area contributed by atoms with Crippen LogP contribution in [0.2, 0.25) is 5.02 Å². The summed E-state index contributed by atoms with van der Waals surface area (Å²) >= 11 is 6.20. The monoisotopic (exact) mass is 391 g/mol. The fourth-order valence-corrected chi connectivity index (χ4v) is 2.83. The molecule has 3 rings (SSSR count). The highest BCUT2D eigenvalue weighted by molar-refractivity contribution is 6.32. The van der Waals surface area contributed by atoms with E-state index in [1.54, 1.807) is 18.2 Å². The number of halogens is 3. The Morgan fingerprint density at radius 2 is 1.96 bits per heavy atom. The second kappa shape index (κ2) is 8.18. The Labute approximate surface area is 159 Å². The standard InChI is InChI=1S/C19H16ClF2N3O2/c1-2-27-17-4-3-12(7-16(17)20)18-15(10-24-25-18)19(26)23-9-11-5-13(21)8-14(22)6-11/h3-8,10H,2,9H2,1H3,(H,23,26)(H,24,25). The lowest BCUT2D eigenvalue weighted by Crippen LogP contribution is -2.23. The number of carbonyl (C=O) groups excluding carboxylic acids is 1. The van der Waals surface area contributed by atoms with Gasteiger partial charge in [0.2, 0.25) is 0 Å². The summed E-state index contributed by atoms with van der Waals surface area (Å²) in [4.78, 5) is 12.5. The molecule has 1 aromatic heterocycles. The molecule has 0 aliphatic carbocycles. The second-order valence-corrected chi connectivity index (χ2v) is 6.10. The van der Waals surface area contributed by atoms with Gasteiger partial charge >= 0.3 is 0 Å². The molecule has 2 N–H and O–H groups in total. The van der Waals surface area contributed by atoms with Crippen LogP contribution in [0.25, 0.3) is 11.3 Å². The topological polar surface area (TPSA) is 67.0 Å². The Morgan fingerprint density at radius 3 is 2.63 bits per heavy atom. The number of hydrogen-bond donors (Lipinski definition) is 2. The van der Waals surface area contributed by atoms with Crippen molar-refractivity contribution >= 4 is 17.5 Å². The molecule has 0 saturated carbocycles. The van der Waals surface area contributed by atoms with Gasteiger partial charge in [-0.3, -0.25) is 9.89 Å². The number of nitrogens with one attached hydrogen (secondary N) is 2. The van der Waals surface area contributed by atoms with Crippen LogP contribution in [0.3, 0.4) is 0 Å². The third-order valence-electron chi connectivity index (χ3n) is 3.78. The number of carbonyl (C=O) groups is 1. The van der Waals surface area contributed by atoms with Crippen LogP contribution in [0.4, 0.5) is 8.78 Å². The molecule has 0 radical (unpaired) electrons. The van der Waals surface area contributed by atoms with Crippen molar-refractivity contribution in [3.05, 3.63) is 70.4 Å². The van der Waals surface area contributed by atoms with E-state index in [-0.39, 0.29) is 12.1 Å². The summed E-state index contributed by atoms with van der Waals surface area (Å²) in [5, 5.41) is 9.71. The van der Waals surface area contributed by atoms with E-state index in [0.29, 0.717) is 34.2 Å². The molecule has 140 valence electrons. The molecule has 3 aromatic rings. The van der Waals surface area contributed by atoms with Gasteiger partial charge in [-0.05, 0) is 42.8 Å². The molecule has 0 aliphatic rings. The predicted octanol–water partition coefficient (Wildman–Crippen LogP) is 4.34. The van der Waals surface area contributed by atoms with Crippen LogP contribution in [0.15, 0.2) is 42.6 Å². The van der Waals surface area contributed by atoms with E-state index in [0.717, 1.165) is 18.2 Å². The number of benzene rings is 2. The van der Waals surface area contributed by atoms with E-state index >= 15 is 0 Å². The van der Waals surface area contributed by atoms with Crippen LogP contribution in [0, 0.1) is 11.6 Å². The lowest BCUT2D eigenvalue weighted by atomic mass is 10.1. The zero-order valence-corrected chi connectivity index (χ0v) is 15.1. The zero-order chi connectivity index (χ0) is 19.4.